The number of halogens is 2. The van der Waals surface area contributed by atoms with Crippen molar-refractivity contribution >= 4 is 29.4 Å². The van der Waals surface area contributed by atoms with Crippen LogP contribution in [0.25, 0.3) is 0 Å². The fraction of sp³-hybridized carbons (Fsp3) is 0.346. The van der Waals surface area contributed by atoms with E-state index < -0.39 is 47.5 Å². The summed E-state index contributed by atoms with van der Waals surface area (Å²) in [5, 5.41) is 6.71. The van der Waals surface area contributed by atoms with Gasteiger partial charge in [-0.15, -0.1) is 0 Å². The Morgan fingerprint density at radius 1 is 1.24 bits per heavy atom. The van der Waals surface area contributed by atoms with Crippen LogP contribution >= 0.6 is 0 Å². The first-order chi connectivity index (χ1) is 18.0. The standard InChI is InChI=1S/C26H29F2N7O3/c1-5-21(18-7-6-16(27)11-20(18)28)32-26(38)35-23(25(37)34(4)17-12-30-33(3)13-17)19(24(35)36)9-15-8-14(2)31-22(29)10-15/h6-8,10-13,19,21,23H,5,9H2,1-4H3,(H2,29,31)(H,32,38)/t19?,21-,23+/m1/s1. The molecule has 1 unspecified atom stereocenters. The summed E-state index contributed by atoms with van der Waals surface area (Å²) >= 11 is 0. The molecule has 0 spiro atoms. The van der Waals surface area contributed by atoms with Gasteiger partial charge in [-0.1, -0.05) is 13.0 Å². The van der Waals surface area contributed by atoms with Gasteiger partial charge in [0.05, 0.1) is 23.8 Å². The van der Waals surface area contributed by atoms with E-state index in [1.807, 2.05) is 0 Å². The Morgan fingerprint density at radius 3 is 2.58 bits per heavy atom. The van der Waals surface area contributed by atoms with Gasteiger partial charge >= 0.3 is 6.03 Å². The molecule has 4 amide bonds. The van der Waals surface area contributed by atoms with Gasteiger partial charge in [0.25, 0.3) is 5.91 Å². The molecule has 3 N–H and O–H groups in total. The predicted octanol–water partition coefficient (Wildman–Crippen LogP) is 2.88. The van der Waals surface area contributed by atoms with Gasteiger partial charge < -0.3 is 16.0 Å². The van der Waals surface area contributed by atoms with E-state index in [9.17, 15) is 23.2 Å². The van der Waals surface area contributed by atoms with Crippen molar-refractivity contribution in [3.8, 4) is 0 Å². The molecule has 1 aromatic carbocycles. The fourth-order valence-electron chi connectivity index (χ4n) is 4.71. The van der Waals surface area contributed by atoms with E-state index in [2.05, 4.69) is 15.4 Å². The number of hydrogen-bond acceptors (Lipinski definition) is 6. The molecule has 0 aliphatic carbocycles. The van der Waals surface area contributed by atoms with Crippen molar-refractivity contribution in [3.63, 3.8) is 0 Å². The summed E-state index contributed by atoms with van der Waals surface area (Å²) in [6.45, 7) is 3.48. The third-order valence-corrected chi connectivity index (χ3v) is 6.63. The van der Waals surface area contributed by atoms with Gasteiger partial charge in [-0.3, -0.25) is 19.2 Å². The lowest BCUT2D eigenvalue weighted by Crippen LogP contribution is -2.70. The summed E-state index contributed by atoms with van der Waals surface area (Å²) in [5.74, 6) is -3.16. The number of nitrogens with one attached hydrogen (secondary N) is 1. The Hall–Kier alpha value is -4.35. The Balaban J connectivity index is 1.62. The number of imide groups is 1. The minimum absolute atomic E-state index is 0.0739. The third-order valence-electron chi connectivity index (χ3n) is 6.63. The maximum absolute atomic E-state index is 14.4. The quantitative estimate of drug-likeness (QED) is 0.457. The average Bonchev–Trinajstić information content (AvgIpc) is 3.29. The number of hydrogen-bond donors (Lipinski definition) is 2. The number of anilines is 2. The molecule has 3 heterocycles. The van der Waals surface area contributed by atoms with Crippen molar-refractivity contribution in [2.45, 2.75) is 38.8 Å². The Bertz CT molecular complexity index is 1370. The summed E-state index contributed by atoms with van der Waals surface area (Å²) in [4.78, 5) is 46.6. The number of nitrogen functional groups attached to an aromatic ring is 1. The third kappa shape index (κ3) is 5.20. The Morgan fingerprint density at radius 2 is 1.97 bits per heavy atom. The molecule has 38 heavy (non-hydrogen) atoms. The highest BCUT2D eigenvalue weighted by Crippen LogP contribution is 2.34. The topological polar surface area (TPSA) is 126 Å². The SMILES string of the molecule is CC[C@@H](NC(=O)N1C(=O)C(Cc2cc(C)nc(N)c2)[C@H]1C(=O)N(C)c1cnn(C)c1)c1ccc(F)cc1F. The molecule has 12 heteroatoms. The van der Waals surface area contributed by atoms with E-state index in [1.54, 1.807) is 39.2 Å². The molecular formula is C26H29F2N7O3. The van der Waals surface area contributed by atoms with E-state index in [0.29, 0.717) is 16.9 Å². The predicted molar refractivity (Wildman–Crippen MR) is 136 cm³/mol. The molecule has 1 saturated heterocycles. The largest absolute Gasteiger partial charge is 0.384 e. The monoisotopic (exact) mass is 525 g/mol. The summed E-state index contributed by atoms with van der Waals surface area (Å²) in [6.07, 6.45) is 3.56. The first kappa shape index (κ1) is 26.7. The average molecular weight is 526 g/mol. The number of nitrogens with zero attached hydrogens (tertiary/aromatic N) is 5. The lowest BCUT2D eigenvalue weighted by molar-refractivity contribution is -0.156. The molecule has 200 valence electrons. The smallest absolute Gasteiger partial charge is 0.325 e. The van der Waals surface area contributed by atoms with E-state index >= 15 is 0 Å². The number of pyridine rings is 1. The van der Waals surface area contributed by atoms with E-state index in [1.165, 1.54) is 28.9 Å². The second-order valence-corrected chi connectivity index (χ2v) is 9.35. The van der Waals surface area contributed by atoms with Crippen molar-refractivity contribution in [2.75, 3.05) is 17.7 Å². The number of likely N-dealkylation sites (tertiary alicyclic amines) is 1. The minimum Gasteiger partial charge on any atom is -0.384 e. The number of carbonyl (C=O) groups excluding carboxylic acids is 3. The van der Waals surface area contributed by atoms with E-state index in [4.69, 9.17) is 5.73 Å². The number of β-lactam (4-membered cyclic amide) rings is 1. The molecule has 1 aliphatic rings. The van der Waals surface area contributed by atoms with Gasteiger partial charge in [0, 0.05) is 37.6 Å². The summed E-state index contributed by atoms with van der Waals surface area (Å²) in [7, 11) is 3.24. The van der Waals surface area contributed by atoms with Crippen LogP contribution in [0.3, 0.4) is 0 Å². The Labute approximate surface area is 218 Å². The van der Waals surface area contributed by atoms with Crippen LogP contribution in [0, 0.1) is 24.5 Å². The van der Waals surface area contributed by atoms with Crippen LogP contribution in [0.15, 0.2) is 42.7 Å². The molecule has 2 aromatic heterocycles. The second-order valence-electron chi connectivity index (χ2n) is 9.35. The summed E-state index contributed by atoms with van der Waals surface area (Å²) in [6, 6.07) is 3.65. The lowest BCUT2D eigenvalue weighted by atomic mass is 9.81. The van der Waals surface area contributed by atoms with E-state index in [-0.39, 0.29) is 24.2 Å². The van der Waals surface area contributed by atoms with Gasteiger partial charge in [-0.25, -0.2) is 18.6 Å². The molecule has 0 bridgehead atoms. The number of rotatable bonds is 7. The van der Waals surface area contributed by atoms with Gasteiger partial charge in [0.1, 0.15) is 23.5 Å². The maximum Gasteiger partial charge on any atom is 0.325 e. The van der Waals surface area contributed by atoms with Gasteiger partial charge in [0.2, 0.25) is 5.91 Å². The molecule has 0 saturated carbocycles. The highest BCUT2D eigenvalue weighted by atomic mass is 19.1. The molecule has 1 aliphatic heterocycles. The van der Waals surface area contributed by atoms with Crippen LogP contribution in [-0.4, -0.2) is 50.6 Å². The zero-order valence-electron chi connectivity index (χ0n) is 21.5. The Kier molecular flexibility index (Phi) is 7.42. The number of urea groups is 1. The number of likely N-dealkylation sites (N-methyl/N-ethyl adjacent to an activating group) is 1. The van der Waals surface area contributed by atoms with Crippen molar-refractivity contribution in [1.82, 2.24) is 25.0 Å². The minimum atomic E-state index is -1.13. The molecule has 10 nitrogen and oxygen atoms in total. The van der Waals surface area contributed by atoms with Gasteiger partial charge in [-0.2, -0.15) is 5.10 Å². The molecular weight excluding hydrogens is 496 g/mol. The molecule has 3 atom stereocenters. The molecule has 3 aromatic rings. The highest BCUT2D eigenvalue weighted by molar-refractivity contribution is 6.12. The zero-order chi connectivity index (χ0) is 27.7. The van der Waals surface area contributed by atoms with Crippen LogP contribution < -0.4 is 16.0 Å². The number of amides is 4. The second kappa shape index (κ2) is 10.6. The van der Waals surface area contributed by atoms with Crippen LogP contribution in [0.1, 0.15) is 36.2 Å². The fourth-order valence-corrected chi connectivity index (χ4v) is 4.71. The molecule has 4 rings (SSSR count). The molecule has 0 radical (unpaired) electrons. The highest BCUT2D eigenvalue weighted by Gasteiger charge is 2.55. The van der Waals surface area contributed by atoms with Crippen molar-refractivity contribution in [3.05, 3.63) is 71.2 Å². The number of carbonyl (C=O) groups is 3. The van der Waals surface area contributed by atoms with Crippen LogP contribution in [0.2, 0.25) is 0 Å². The normalized spacial score (nSPS) is 17.6. The van der Waals surface area contributed by atoms with Crippen LogP contribution in [-0.2, 0) is 23.1 Å². The number of benzene rings is 1. The van der Waals surface area contributed by atoms with Crippen LogP contribution in [0.5, 0.6) is 0 Å². The summed E-state index contributed by atoms with van der Waals surface area (Å²) < 4.78 is 29.4. The van der Waals surface area contributed by atoms with E-state index in [0.717, 1.165) is 17.0 Å². The van der Waals surface area contributed by atoms with Crippen molar-refractivity contribution in [1.29, 1.82) is 0 Å². The van der Waals surface area contributed by atoms with Gasteiger partial charge in [0.15, 0.2) is 0 Å². The van der Waals surface area contributed by atoms with Crippen molar-refractivity contribution < 1.29 is 23.2 Å². The maximum atomic E-state index is 14.4. The first-order valence-corrected chi connectivity index (χ1v) is 12.1. The number of aryl methyl sites for hydroxylation is 2. The first-order valence-electron chi connectivity index (χ1n) is 12.1. The van der Waals surface area contributed by atoms with Crippen molar-refractivity contribution in [2.24, 2.45) is 13.0 Å². The van der Waals surface area contributed by atoms with Crippen LogP contribution in [0.4, 0.5) is 25.1 Å². The summed E-state index contributed by atoms with van der Waals surface area (Å²) in [5.41, 5.74) is 7.78. The zero-order valence-corrected chi connectivity index (χ0v) is 21.5. The number of aromatic nitrogens is 3. The van der Waals surface area contributed by atoms with Gasteiger partial charge in [-0.05, 0) is 43.5 Å². The number of nitrogens with two attached hydrogens (primary N) is 1. The lowest BCUT2D eigenvalue weighted by Gasteiger charge is -2.46. The molecule has 1 fully saturated rings.